The molecule has 1 saturated carbocycles. The summed E-state index contributed by atoms with van der Waals surface area (Å²) in [6.07, 6.45) is 5.08. The minimum absolute atomic E-state index is 0.143. The lowest BCUT2D eigenvalue weighted by Crippen LogP contribution is -2.44. The van der Waals surface area contributed by atoms with E-state index >= 15 is 0 Å². The molecule has 2 rings (SSSR count). The molecule has 1 aromatic rings. The maximum atomic E-state index is 13.4. The highest BCUT2D eigenvalue weighted by Gasteiger charge is 2.30. The molecule has 0 unspecified atom stereocenters. The quantitative estimate of drug-likeness (QED) is 0.890. The molecule has 5 heteroatoms. The summed E-state index contributed by atoms with van der Waals surface area (Å²) in [7, 11) is 0. The van der Waals surface area contributed by atoms with E-state index in [-0.39, 0.29) is 23.6 Å². The lowest BCUT2D eigenvalue weighted by Gasteiger charge is -2.32. The van der Waals surface area contributed by atoms with Crippen molar-refractivity contribution in [2.45, 2.75) is 44.1 Å². The van der Waals surface area contributed by atoms with Crippen LogP contribution in [0.4, 0.5) is 10.1 Å². The standard InChI is InChI=1S/C15H18FN3O/c16-12-5-4-6-13(11(12)10-17)19-14(20)9-15(18)7-2-1-3-8-15/h4-6H,1-3,7-9,18H2,(H,19,20). The first-order valence-electron chi connectivity index (χ1n) is 6.81. The van der Waals surface area contributed by atoms with Crippen LogP contribution in [0.15, 0.2) is 18.2 Å². The predicted octanol–water partition coefficient (Wildman–Crippen LogP) is 2.69. The number of nitrogens with one attached hydrogen (secondary N) is 1. The highest BCUT2D eigenvalue weighted by molar-refractivity contribution is 5.92. The summed E-state index contributed by atoms with van der Waals surface area (Å²) in [5.41, 5.74) is 5.81. The topological polar surface area (TPSA) is 78.9 Å². The fourth-order valence-electron chi connectivity index (χ4n) is 2.69. The molecular weight excluding hydrogens is 257 g/mol. The van der Waals surface area contributed by atoms with Crippen LogP contribution < -0.4 is 11.1 Å². The van der Waals surface area contributed by atoms with Gasteiger partial charge in [-0.05, 0) is 25.0 Å². The van der Waals surface area contributed by atoms with E-state index in [9.17, 15) is 9.18 Å². The molecule has 0 saturated heterocycles. The number of hydrogen-bond donors (Lipinski definition) is 2. The summed E-state index contributed by atoms with van der Waals surface area (Å²) in [6.45, 7) is 0. The number of rotatable bonds is 3. The van der Waals surface area contributed by atoms with Gasteiger partial charge < -0.3 is 11.1 Å². The normalized spacial score (nSPS) is 17.2. The summed E-state index contributed by atoms with van der Waals surface area (Å²) in [4.78, 5) is 12.0. The molecule has 0 spiro atoms. The summed E-state index contributed by atoms with van der Waals surface area (Å²) in [6, 6.07) is 5.94. The van der Waals surface area contributed by atoms with Gasteiger partial charge in [-0.3, -0.25) is 4.79 Å². The zero-order valence-electron chi connectivity index (χ0n) is 11.3. The molecule has 1 aliphatic rings. The van der Waals surface area contributed by atoms with E-state index in [0.717, 1.165) is 32.1 Å². The molecule has 0 aromatic heterocycles. The Balaban J connectivity index is 2.05. The lowest BCUT2D eigenvalue weighted by atomic mass is 9.80. The largest absolute Gasteiger partial charge is 0.325 e. The molecule has 20 heavy (non-hydrogen) atoms. The van der Waals surface area contributed by atoms with E-state index in [2.05, 4.69) is 5.32 Å². The van der Waals surface area contributed by atoms with E-state index in [4.69, 9.17) is 11.0 Å². The van der Waals surface area contributed by atoms with Gasteiger partial charge in [0.2, 0.25) is 5.91 Å². The maximum Gasteiger partial charge on any atom is 0.226 e. The van der Waals surface area contributed by atoms with E-state index in [1.807, 2.05) is 0 Å². The van der Waals surface area contributed by atoms with E-state index in [1.54, 1.807) is 6.07 Å². The monoisotopic (exact) mass is 275 g/mol. The number of nitrogens with zero attached hydrogens (tertiary/aromatic N) is 1. The van der Waals surface area contributed by atoms with Gasteiger partial charge in [0.15, 0.2) is 0 Å². The molecule has 0 radical (unpaired) electrons. The number of carbonyl (C=O) groups excluding carboxylic acids is 1. The third-order valence-corrected chi connectivity index (χ3v) is 3.76. The minimum Gasteiger partial charge on any atom is -0.325 e. The SMILES string of the molecule is N#Cc1c(F)cccc1NC(=O)CC1(N)CCCCC1. The number of amides is 1. The fraction of sp³-hybridized carbons (Fsp3) is 0.467. The smallest absolute Gasteiger partial charge is 0.226 e. The Hall–Kier alpha value is -1.93. The highest BCUT2D eigenvalue weighted by atomic mass is 19.1. The van der Waals surface area contributed by atoms with Crippen LogP contribution in [0.5, 0.6) is 0 Å². The van der Waals surface area contributed by atoms with Crippen LogP contribution in [0.25, 0.3) is 0 Å². The number of anilines is 1. The first-order chi connectivity index (χ1) is 9.54. The predicted molar refractivity (Wildman–Crippen MR) is 74.4 cm³/mol. The zero-order chi connectivity index (χ0) is 14.6. The summed E-state index contributed by atoms with van der Waals surface area (Å²) >= 11 is 0. The van der Waals surface area contributed by atoms with Crippen LogP contribution in [0, 0.1) is 17.1 Å². The molecule has 1 fully saturated rings. The van der Waals surface area contributed by atoms with Gasteiger partial charge in [-0.25, -0.2) is 4.39 Å². The molecule has 0 heterocycles. The Morgan fingerprint density at radius 1 is 1.40 bits per heavy atom. The van der Waals surface area contributed by atoms with Crippen molar-refractivity contribution in [1.29, 1.82) is 5.26 Å². The Morgan fingerprint density at radius 2 is 2.10 bits per heavy atom. The second-order valence-corrected chi connectivity index (χ2v) is 5.42. The van der Waals surface area contributed by atoms with Crippen LogP contribution in [0.2, 0.25) is 0 Å². The Labute approximate surface area is 117 Å². The van der Waals surface area contributed by atoms with E-state index < -0.39 is 11.4 Å². The van der Waals surface area contributed by atoms with Crippen molar-refractivity contribution in [2.75, 3.05) is 5.32 Å². The molecule has 1 amide bonds. The number of carbonyl (C=O) groups is 1. The number of hydrogen-bond acceptors (Lipinski definition) is 3. The molecule has 1 aromatic carbocycles. The average Bonchev–Trinajstić information content (AvgIpc) is 2.39. The number of halogens is 1. The number of nitriles is 1. The van der Waals surface area contributed by atoms with Crippen LogP contribution in [-0.2, 0) is 4.79 Å². The minimum atomic E-state index is -0.634. The van der Waals surface area contributed by atoms with Gasteiger partial charge in [0, 0.05) is 12.0 Å². The molecule has 1 aliphatic carbocycles. The second kappa shape index (κ2) is 6.02. The summed E-state index contributed by atoms with van der Waals surface area (Å²) in [5.74, 6) is -0.901. The van der Waals surface area contributed by atoms with Gasteiger partial charge in [-0.15, -0.1) is 0 Å². The molecule has 0 bridgehead atoms. The van der Waals surface area contributed by atoms with Crippen molar-refractivity contribution >= 4 is 11.6 Å². The molecule has 4 nitrogen and oxygen atoms in total. The molecule has 0 aliphatic heterocycles. The molecule has 106 valence electrons. The van der Waals surface area contributed by atoms with Gasteiger partial charge in [-0.1, -0.05) is 25.3 Å². The fourth-order valence-corrected chi connectivity index (χ4v) is 2.69. The first-order valence-corrected chi connectivity index (χ1v) is 6.81. The second-order valence-electron chi connectivity index (χ2n) is 5.42. The lowest BCUT2D eigenvalue weighted by molar-refractivity contribution is -0.117. The van der Waals surface area contributed by atoms with Crippen LogP contribution in [-0.4, -0.2) is 11.4 Å². The highest BCUT2D eigenvalue weighted by Crippen LogP contribution is 2.29. The van der Waals surface area contributed by atoms with E-state index in [1.165, 1.54) is 18.2 Å². The van der Waals surface area contributed by atoms with Crippen molar-refractivity contribution < 1.29 is 9.18 Å². The van der Waals surface area contributed by atoms with E-state index in [0.29, 0.717) is 0 Å². The van der Waals surface area contributed by atoms with Crippen molar-refractivity contribution in [3.05, 3.63) is 29.6 Å². The Morgan fingerprint density at radius 3 is 2.75 bits per heavy atom. The molecule has 0 atom stereocenters. The molecule has 3 N–H and O–H groups in total. The third-order valence-electron chi connectivity index (χ3n) is 3.76. The average molecular weight is 275 g/mol. The van der Waals surface area contributed by atoms with Gasteiger partial charge >= 0.3 is 0 Å². The summed E-state index contributed by atoms with van der Waals surface area (Å²) in [5, 5.41) is 11.5. The Kier molecular flexibility index (Phi) is 4.35. The summed E-state index contributed by atoms with van der Waals surface area (Å²) < 4.78 is 13.4. The molecular formula is C15H18FN3O. The first kappa shape index (κ1) is 14.5. The maximum absolute atomic E-state index is 13.4. The van der Waals surface area contributed by atoms with Gasteiger partial charge in [0.1, 0.15) is 17.4 Å². The van der Waals surface area contributed by atoms with Crippen molar-refractivity contribution in [3.63, 3.8) is 0 Å². The number of benzene rings is 1. The Bertz CT molecular complexity index is 545. The van der Waals surface area contributed by atoms with Gasteiger partial charge in [-0.2, -0.15) is 5.26 Å². The van der Waals surface area contributed by atoms with Crippen molar-refractivity contribution in [3.8, 4) is 6.07 Å². The van der Waals surface area contributed by atoms with Crippen molar-refractivity contribution in [1.82, 2.24) is 0 Å². The van der Waals surface area contributed by atoms with Crippen molar-refractivity contribution in [2.24, 2.45) is 5.73 Å². The van der Waals surface area contributed by atoms with Gasteiger partial charge in [0.05, 0.1) is 5.69 Å². The number of nitrogens with two attached hydrogens (primary N) is 1. The van der Waals surface area contributed by atoms with Crippen LogP contribution in [0.1, 0.15) is 44.1 Å². The van der Waals surface area contributed by atoms with Gasteiger partial charge in [0.25, 0.3) is 0 Å². The zero-order valence-corrected chi connectivity index (χ0v) is 11.3. The van der Waals surface area contributed by atoms with Crippen LogP contribution in [0.3, 0.4) is 0 Å². The van der Waals surface area contributed by atoms with Crippen LogP contribution >= 0.6 is 0 Å². The third kappa shape index (κ3) is 3.34.